The highest BCUT2D eigenvalue weighted by Crippen LogP contribution is 2.18. The third kappa shape index (κ3) is 3.32. The lowest BCUT2D eigenvalue weighted by atomic mass is 10.1. The summed E-state index contributed by atoms with van der Waals surface area (Å²) in [5, 5.41) is 7.18. The van der Waals surface area contributed by atoms with Gasteiger partial charge in [-0.25, -0.2) is 4.79 Å². The number of carbonyl (C=O) groups excluding carboxylic acids is 1. The molecule has 4 heteroatoms. The molecule has 0 amide bonds. The predicted octanol–water partition coefficient (Wildman–Crippen LogP) is 2.35. The normalized spacial score (nSPS) is 14.6. The number of rotatable bonds is 5. The molecule has 0 fully saturated rings. The van der Waals surface area contributed by atoms with Crippen molar-refractivity contribution in [1.82, 2.24) is 5.32 Å². The SMILES string of the molecule is CCC(C)NC(C(=O)OC)c1ccsc1. The van der Waals surface area contributed by atoms with Gasteiger partial charge in [-0.05, 0) is 35.7 Å². The molecule has 0 bridgehead atoms. The topological polar surface area (TPSA) is 38.3 Å². The number of ether oxygens (including phenoxy) is 1. The van der Waals surface area contributed by atoms with Crippen LogP contribution >= 0.6 is 11.3 Å². The minimum atomic E-state index is -0.337. The summed E-state index contributed by atoms with van der Waals surface area (Å²) in [5.74, 6) is -0.228. The van der Waals surface area contributed by atoms with Crippen molar-refractivity contribution in [3.05, 3.63) is 22.4 Å². The van der Waals surface area contributed by atoms with E-state index in [1.54, 1.807) is 11.3 Å². The van der Waals surface area contributed by atoms with Gasteiger partial charge in [-0.2, -0.15) is 11.3 Å². The van der Waals surface area contributed by atoms with Crippen LogP contribution in [0.15, 0.2) is 16.8 Å². The number of methoxy groups -OCH3 is 1. The second kappa shape index (κ2) is 5.88. The molecule has 2 atom stereocenters. The largest absolute Gasteiger partial charge is 0.468 e. The summed E-state index contributed by atoms with van der Waals surface area (Å²) < 4.78 is 4.78. The van der Waals surface area contributed by atoms with Crippen LogP contribution in [0.2, 0.25) is 0 Å². The first kappa shape index (κ1) is 12.2. The minimum Gasteiger partial charge on any atom is -0.468 e. The molecule has 1 heterocycles. The molecule has 3 nitrogen and oxygen atoms in total. The van der Waals surface area contributed by atoms with Crippen molar-refractivity contribution in [3.8, 4) is 0 Å². The Morgan fingerprint density at radius 1 is 1.67 bits per heavy atom. The van der Waals surface area contributed by atoms with Crippen LogP contribution in [0.4, 0.5) is 0 Å². The van der Waals surface area contributed by atoms with Gasteiger partial charge in [0.25, 0.3) is 0 Å². The summed E-state index contributed by atoms with van der Waals surface area (Å²) in [6.07, 6.45) is 0.984. The van der Waals surface area contributed by atoms with Gasteiger partial charge < -0.3 is 4.74 Å². The van der Waals surface area contributed by atoms with Crippen molar-refractivity contribution < 1.29 is 9.53 Å². The second-order valence-electron chi connectivity index (χ2n) is 3.49. The lowest BCUT2D eigenvalue weighted by Gasteiger charge is -2.19. The third-order valence-electron chi connectivity index (χ3n) is 2.38. The van der Waals surface area contributed by atoms with E-state index >= 15 is 0 Å². The molecule has 84 valence electrons. The fourth-order valence-corrected chi connectivity index (χ4v) is 1.95. The van der Waals surface area contributed by atoms with Crippen LogP contribution in [0.3, 0.4) is 0 Å². The number of hydrogen-bond acceptors (Lipinski definition) is 4. The maximum absolute atomic E-state index is 11.6. The van der Waals surface area contributed by atoms with Gasteiger partial charge in [0.1, 0.15) is 6.04 Å². The van der Waals surface area contributed by atoms with Gasteiger partial charge in [0.15, 0.2) is 0 Å². The molecule has 2 unspecified atom stereocenters. The molecule has 0 aliphatic carbocycles. The fourth-order valence-electron chi connectivity index (χ4n) is 1.26. The molecule has 1 rings (SSSR count). The van der Waals surface area contributed by atoms with E-state index in [0.29, 0.717) is 6.04 Å². The molecular formula is C11H17NO2S. The molecule has 0 aromatic carbocycles. The molecule has 0 spiro atoms. The number of esters is 1. The molecule has 1 N–H and O–H groups in total. The Morgan fingerprint density at radius 2 is 2.40 bits per heavy atom. The highest BCUT2D eigenvalue weighted by atomic mass is 32.1. The van der Waals surface area contributed by atoms with Crippen molar-refractivity contribution in [2.24, 2.45) is 0 Å². The highest BCUT2D eigenvalue weighted by Gasteiger charge is 2.22. The van der Waals surface area contributed by atoms with Crippen LogP contribution in [0.25, 0.3) is 0 Å². The average Bonchev–Trinajstić information content (AvgIpc) is 2.77. The standard InChI is InChI=1S/C11H17NO2S/c1-4-8(2)12-10(11(13)14-3)9-5-6-15-7-9/h5-8,10,12H,4H2,1-3H3. The van der Waals surface area contributed by atoms with E-state index in [-0.39, 0.29) is 12.0 Å². The van der Waals surface area contributed by atoms with Crippen molar-refractivity contribution in [3.63, 3.8) is 0 Å². The maximum Gasteiger partial charge on any atom is 0.327 e. The van der Waals surface area contributed by atoms with Gasteiger partial charge in [-0.3, -0.25) is 5.32 Å². The lowest BCUT2D eigenvalue weighted by Crippen LogP contribution is -2.35. The molecule has 0 saturated carbocycles. The first-order valence-corrected chi connectivity index (χ1v) is 5.99. The Balaban J connectivity index is 2.75. The Bertz CT molecular complexity index is 298. The number of carbonyl (C=O) groups is 1. The summed E-state index contributed by atoms with van der Waals surface area (Å²) in [6.45, 7) is 4.14. The zero-order valence-corrected chi connectivity index (χ0v) is 10.1. The quantitative estimate of drug-likeness (QED) is 0.785. The lowest BCUT2D eigenvalue weighted by molar-refractivity contribution is -0.143. The van der Waals surface area contributed by atoms with Gasteiger partial charge in [-0.15, -0.1) is 0 Å². The molecule has 15 heavy (non-hydrogen) atoms. The summed E-state index contributed by atoms with van der Waals surface area (Å²) in [7, 11) is 1.42. The summed E-state index contributed by atoms with van der Waals surface area (Å²) in [6, 6.07) is 1.91. The van der Waals surface area contributed by atoms with E-state index in [4.69, 9.17) is 4.74 Å². The molecule has 0 aliphatic rings. The number of thiophene rings is 1. The molecule has 1 aromatic rings. The summed E-state index contributed by atoms with van der Waals surface area (Å²) in [4.78, 5) is 11.6. The van der Waals surface area contributed by atoms with Gasteiger partial charge in [0.05, 0.1) is 7.11 Å². The number of nitrogens with one attached hydrogen (secondary N) is 1. The van der Waals surface area contributed by atoms with Gasteiger partial charge in [0, 0.05) is 6.04 Å². The van der Waals surface area contributed by atoms with Crippen LogP contribution in [0.1, 0.15) is 31.9 Å². The number of hydrogen-bond donors (Lipinski definition) is 1. The second-order valence-corrected chi connectivity index (χ2v) is 4.27. The van der Waals surface area contributed by atoms with Crippen LogP contribution in [0, 0.1) is 0 Å². The smallest absolute Gasteiger partial charge is 0.327 e. The molecule has 0 aliphatic heterocycles. The van der Waals surface area contributed by atoms with Crippen molar-refractivity contribution in [2.75, 3.05) is 7.11 Å². The van der Waals surface area contributed by atoms with Gasteiger partial charge in [0.2, 0.25) is 0 Å². The van der Waals surface area contributed by atoms with E-state index in [9.17, 15) is 4.79 Å². The summed E-state index contributed by atoms with van der Waals surface area (Å²) in [5.41, 5.74) is 0.979. The average molecular weight is 227 g/mol. The fraction of sp³-hybridized carbons (Fsp3) is 0.545. The Morgan fingerprint density at radius 3 is 2.87 bits per heavy atom. The Hall–Kier alpha value is -0.870. The zero-order chi connectivity index (χ0) is 11.3. The first-order chi connectivity index (χ1) is 7.19. The van der Waals surface area contributed by atoms with Gasteiger partial charge in [-0.1, -0.05) is 6.92 Å². The zero-order valence-electron chi connectivity index (χ0n) is 9.32. The van der Waals surface area contributed by atoms with Crippen LogP contribution in [-0.4, -0.2) is 19.1 Å². The Labute approximate surface area is 94.5 Å². The van der Waals surface area contributed by atoms with E-state index in [1.165, 1.54) is 7.11 Å². The van der Waals surface area contributed by atoms with Crippen molar-refractivity contribution in [2.45, 2.75) is 32.4 Å². The Kier molecular flexibility index (Phi) is 4.78. The predicted molar refractivity (Wildman–Crippen MR) is 62.0 cm³/mol. The highest BCUT2D eigenvalue weighted by molar-refractivity contribution is 7.08. The van der Waals surface area contributed by atoms with Crippen LogP contribution in [-0.2, 0) is 9.53 Å². The minimum absolute atomic E-state index is 0.228. The van der Waals surface area contributed by atoms with Crippen molar-refractivity contribution >= 4 is 17.3 Å². The molecule has 0 radical (unpaired) electrons. The van der Waals surface area contributed by atoms with E-state index in [2.05, 4.69) is 19.2 Å². The first-order valence-electron chi connectivity index (χ1n) is 5.05. The van der Waals surface area contributed by atoms with E-state index in [1.807, 2.05) is 16.8 Å². The van der Waals surface area contributed by atoms with E-state index < -0.39 is 0 Å². The monoisotopic (exact) mass is 227 g/mol. The van der Waals surface area contributed by atoms with E-state index in [0.717, 1.165) is 12.0 Å². The van der Waals surface area contributed by atoms with Gasteiger partial charge >= 0.3 is 5.97 Å². The van der Waals surface area contributed by atoms with Crippen LogP contribution < -0.4 is 5.32 Å². The summed E-state index contributed by atoms with van der Waals surface area (Å²) >= 11 is 1.58. The molecular weight excluding hydrogens is 210 g/mol. The molecule has 1 aromatic heterocycles. The third-order valence-corrected chi connectivity index (χ3v) is 3.08. The molecule has 0 saturated heterocycles. The van der Waals surface area contributed by atoms with Crippen LogP contribution in [0.5, 0.6) is 0 Å². The maximum atomic E-state index is 11.6. The van der Waals surface area contributed by atoms with Crippen molar-refractivity contribution in [1.29, 1.82) is 0 Å².